The number of hydrogen-bond donors (Lipinski definition) is 4. The second-order valence-corrected chi connectivity index (χ2v) is 5.02. The van der Waals surface area contributed by atoms with Crippen LogP contribution >= 0.6 is 0 Å². The molecule has 2 heterocycles. The summed E-state index contributed by atoms with van der Waals surface area (Å²) in [6, 6.07) is 0. The molecule has 0 bridgehead atoms. The molecule has 0 atom stereocenters. The Morgan fingerprint density at radius 3 is 2.83 bits per heavy atom. The van der Waals surface area contributed by atoms with Gasteiger partial charge in [-0.05, 0) is 0 Å². The van der Waals surface area contributed by atoms with Gasteiger partial charge in [-0.2, -0.15) is 5.10 Å². The van der Waals surface area contributed by atoms with Crippen molar-refractivity contribution in [3.63, 3.8) is 0 Å². The van der Waals surface area contributed by atoms with E-state index in [0.717, 1.165) is 6.20 Å². The third kappa shape index (κ3) is 2.38. The molecule has 18 heavy (non-hydrogen) atoms. The van der Waals surface area contributed by atoms with Gasteiger partial charge in [-0.25, -0.2) is 22.9 Å². The first-order chi connectivity index (χ1) is 8.50. The summed E-state index contributed by atoms with van der Waals surface area (Å²) in [5.74, 6) is -1.37. The Morgan fingerprint density at radius 2 is 2.22 bits per heavy atom. The lowest BCUT2D eigenvalue weighted by atomic mass is 10.4. The molecule has 2 aromatic rings. The number of aromatic amines is 2. The molecule has 0 aromatic carbocycles. The Bertz CT molecular complexity index is 645. The summed E-state index contributed by atoms with van der Waals surface area (Å²) in [5.41, 5.74) is 0.141. The second kappa shape index (κ2) is 4.58. The van der Waals surface area contributed by atoms with Gasteiger partial charge in [0, 0.05) is 11.9 Å². The number of carbonyl (C=O) groups is 1. The lowest BCUT2D eigenvalue weighted by Gasteiger charge is -2.04. The van der Waals surface area contributed by atoms with Crippen molar-refractivity contribution >= 4 is 16.0 Å². The summed E-state index contributed by atoms with van der Waals surface area (Å²) >= 11 is 0. The fourth-order valence-corrected chi connectivity index (χ4v) is 2.35. The highest BCUT2D eigenvalue weighted by Gasteiger charge is 2.24. The summed E-state index contributed by atoms with van der Waals surface area (Å²) in [7, 11) is -3.97. The largest absolute Gasteiger partial charge is 0.478 e. The number of carboxylic acid groups (broad SMARTS) is 1. The van der Waals surface area contributed by atoms with E-state index < -0.39 is 26.6 Å². The van der Waals surface area contributed by atoms with Crippen LogP contribution in [-0.4, -0.2) is 39.7 Å². The highest BCUT2D eigenvalue weighted by atomic mass is 32.2. The topological polar surface area (TPSA) is 141 Å². The molecule has 10 heteroatoms. The molecule has 9 nitrogen and oxygen atoms in total. The number of nitrogens with zero attached hydrogens (tertiary/aromatic N) is 2. The van der Waals surface area contributed by atoms with E-state index >= 15 is 0 Å². The second-order valence-electron chi connectivity index (χ2n) is 3.32. The van der Waals surface area contributed by atoms with Gasteiger partial charge in [0.25, 0.3) is 10.0 Å². The van der Waals surface area contributed by atoms with E-state index in [9.17, 15) is 13.2 Å². The van der Waals surface area contributed by atoms with Gasteiger partial charge in [0.2, 0.25) is 0 Å². The maximum absolute atomic E-state index is 11.8. The van der Waals surface area contributed by atoms with Crippen molar-refractivity contribution in [2.24, 2.45) is 0 Å². The van der Waals surface area contributed by atoms with E-state index in [1.54, 1.807) is 0 Å². The summed E-state index contributed by atoms with van der Waals surface area (Å²) in [5, 5.41) is 13.9. The smallest absolute Gasteiger partial charge is 0.340 e. The molecular weight excluding hydrogens is 262 g/mol. The van der Waals surface area contributed by atoms with Crippen molar-refractivity contribution in [1.82, 2.24) is 24.9 Å². The molecule has 0 radical (unpaired) electrons. The number of nitrogens with one attached hydrogen (secondary N) is 3. The fourth-order valence-electron chi connectivity index (χ4n) is 1.26. The van der Waals surface area contributed by atoms with Crippen LogP contribution in [0.3, 0.4) is 0 Å². The third-order valence-electron chi connectivity index (χ3n) is 2.11. The minimum Gasteiger partial charge on any atom is -0.478 e. The predicted octanol–water partition coefficient (Wildman–Crippen LogP) is -0.690. The average Bonchev–Trinajstić information content (AvgIpc) is 2.98. The third-order valence-corrected chi connectivity index (χ3v) is 3.48. The molecule has 2 rings (SSSR count). The highest BCUT2D eigenvalue weighted by molar-refractivity contribution is 7.89. The molecule has 0 unspecified atom stereocenters. The number of carboxylic acids is 1. The lowest BCUT2D eigenvalue weighted by molar-refractivity contribution is 0.0692. The van der Waals surface area contributed by atoms with Gasteiger partial charge in [0.1, 0.15) is 5.56 Å². The van der Waals surface area contributed by atoms with E-state index in [1.807, 2.05) is 0 Å². The molecule has 0 saturated heterocycles. The van der Waals surface area contributed by atoms with Crippen LogP contribution in [0.2, 0.25) is 0 Å². The Kier molecular flexibility index (Phi) is 3.12. The fraction of sp³-hybridized carbons (Fsp3) is 0.125. The lowest BCUT2D eigenvalue weighted by Crippen LogP contribution is -2.25. The standard InChI is InChI=1S/C8H9N5O4S/c14-8(15)6-3-11-13-7(6)18(16,17)12-2-5-1-9-4-10-5/h1,3-4,12H,2H2,(H,9,10)(H,11,13)(H,14,15). The molecule has 0 aliphatic heterocycles. The molecule has 0 fully saturated rings. The zero-order chi connectivity index (χ0) is 13.2. The zero-order valence-electron chi connectivity index (χ0n) is 8.91. The summed E-state index contributed by atoms with van der Waals surface area (Å²) in [6.45, 7) is -0.0274. The SMILES string of the molecule is O=C(O)c1cn[nH]c1S(=O)(=O)NCc1cnc[nH]1. The van der Waals surface area contributed by atoms with Crippen molar-refractivity contribution < 1.29 is 18.3 Å². The van der Waals surface area contributed by atoms with Crippen LogP contribution in [0.25, 0.3) is 0 Å². The average molecular weight is 271 g/mol. The van der Waals surface area contributed by atoms with Gasteiger partial charge >= 0.3 is 5.97 Å². The number of aromatic carboxylic acids is 1. The van der Waals surface area contributed by atoms with Crippen molar-refractivity contribution in [3.8, 4) is 0 Å². The molecule has 0 aliphatic carbocycles. The molecular formula is C8H9N5O4S. The number of rotatable bonds is 5. The van der Waals surface area contributed by atoms with E-state index in [1.165, 1.54) is 12.5 Å². The summed E-state index contributed by atoms with van der Waals surface area (Å²) in [6.07, 6.45) is 3.79. The molecule has 2 aromatic heterocycles. The van der Waals surface area contributed by atoms with Crippen LogP contribution in [0.5, 0.6) is 0 Å². The van der Waals surface area contributed by atoms with Gasteiger partial charge in [-0.3, -0.25) is 5.10 Å². The van der Waals surface area contributed by atoms with Crippen molar-refractivity contribution in [3.05, 3.63) is 30.0 Å². The van der Waals surface area contributed by atoms with Gasteiger partial charge in [0.15, 0.2) is 5.03 Å². The van der Waals surface area contributed by atoms with E-state index in [-0.39, 0.29) is 6.54 Å². The number of sulfonamides is 1. The monoisotopic (exact) mass is 271 g/mol. The minimum atomic E-state index is -3.97. The molecule has 0 aliphatic rings. The molecule has 0 saturated carbocycles. The summed E-state index contributed by atoms with van der Waals surface area (Å²) in [4.78, 5) is 17.2. The molecule has 96 valence electrons. The first-order valence-corrected chi connectivity index (χ1v) is 6.22. The Morgan fingerprint density at radius 1 is 1.44 bits per heavy atom. The van der Waals surface area contributed by atoms with Gasteiger partial charge in [0.05, 0.1) is 19.1 Å². The number of imidazole rings is 1. The van der Waals surface area contributed by atoms with Crippen LogP contribution in [0.15, 0.2) is 23.7 Å². The normalized spacial score (nSPS) is 11.6. The zero-order valence-corrected chi connectivity index (χ0v) is 9.73. The van der Waals surface area contributed by atoms with Crippen LogP contribution in [0.4, 0.5) is 0 Å². The quantitative estimate of drug-likeness (QED) is 0.567. The number of H-pyrrole nitrogens is 2. The van der Waals surface area contributed by atoms with Crippen molar-refractivity contribution in [2.75, 3.05) is 0 Å². The molecule has 4 N–H and O–H groups in total. The number of hydrogen-bond acceptors (Lipinski definition) is 5. The Labute approximate surface area is 101 Å². The van der Waals surface area contributed by atoms with Crippen molar-refractivity contribution in [2.45, 2.75) is 11.6 Å². The van der Waals surface area contributed by atoms with E-state index in [2.05, 4.69) is 24.9 Å². The first-order valence-electron chi connectivity index (χ1n) is 4.74. The van der Waals surface area contributed by atoms with Gasteiger partial charge in [-0.15, -0.1) is 0 Å². The summed E-state index contributed by atoms with van der Waals surface area (Å²) < 4.78 is 25.9. The van der Waals surface area contributed by atoms with Crippen LogP contribution in [0, 0.1) is 0 Å². The maximum atomic E-state index is 11.8. The first kappa shape index (κ1) is 12.3. The van der Waals surface area contributed by atoms with Crippen LogP contribution in [-0.2, 0) is 16.6 Å². The van der Waals surface area contributed by atoms with Gasteiger partial charge < -0.3 is 10.1 Å². The Balaban J connectivity index is 2.20. The van der Waals surface area contributed by atoms with Crippen LogP contribution < -0.4 is 4.72 Å². The van der Waals surface area contributed by atoms with Crippen LogP contribution in [0.1, 0.15) is 16.1 Å². The molecule has 0 spiro atoms. The molecule has 0 amide bonds. The predicted molar refractivity (Wildman–Crippen MR) is 58.2 cm³/mol. The number of aromatic nitrogens is 4. The van der Waals surface area contributed by atoms with Gasteiger partial charge in [-0.1, -0.05) is 0 Å². The Hall–Kier alpha value is -2.20. The minimum absolute atomic E-state index is 0.0274. The maximum Gasteiger partial charge on any atom is 0.340 e. The van der Waals surface area contributed by atoms with E-state index in [0.29, 0.717) is 5.69 Å². The van der Waals surface area contributed by atoms with E-state index in [4.69, 9.17) is 5.11 Å². The highest BCUT2D eigenvalue weighted by Crippen LogP contribution is 2.11. The van der Waals surface area contributed by atoms with Crippen molar-refractivity contribution in [1.29, 1.82) is 0 Å².